The molecule has 0 fully saturated rings. The number of hydrogen-bond acceptors (Lipinski definition) is 3. The van der Waals surface area contributed by atoms with Gasteiger partial charge >= 0.3 is 0 Å². The number of fused-ring (bicyclic) bond motifs is 1. The molecule has 0 radical (unpaired) electrons. The average molecular weight is 389 g/mol. The maximum absolute atomic E-state index is 12.3. The molecule has 4 nitrogen and oxygen atoms in total. The summed E-state index contributed by atoms with van der Waals surface area (Å²) >= 11 is 7.57. The average Bonchev–Trinajstić information content (AvgIpc) is 2.96. The number of nitrogens with zero attached hydrogens (tertiary/aromatic N) is 2. The van der Waals surface area contributed by atoms with E-state index in [2.05, 4.69) is 17.1 Å². The van der Waals surface area contributed by atoms with Gasteiger partial charge in [-0.2, -0.15) is 4.99 Å². The Morgan fingerprint density at radius 1 is 1.23 bits per heavy atom. The molecule has 0 bridgehead atoms. The lowest BCUT2D eigenvalue weighted by Gasteiger charge is -2.04. The largest absolute Gasteiger partial charge is 0.383 e. The maximum atomic E-state index is 12.3. The Kier molecular flexibility index (Phi) is 6.61. The summed E-state index contributed by atoms with van der Waals surface area (Å²) in [6.07, 6.45) is 2.11. The standard InChI is InChI=1S/C20H21ClN2O2S/c1-25-13-12-23-17-11-10-16(21)14-18(17)26-20(23)22-19(24)9-5-8-15-6-3-2-4-7-15/h2-4,6-7,10-11,14H,5,8-9,12-13H2,1H3. The van der Waals surface area contributed by atoms with Gasteiger partial charge in [0.05, 0.1) is 16.8 Å². The van der Waals surface area contributed by atoms with Gasteiger partial charge in [0.25, 0.3) is 0 Å². The lowest BCUT2D eigenvalue weighted by atomic mass is 10.1. The predicted molar refractivity (Wildman–Crippen MR) is 107 cm³/mol. The fourth-order valence-electron chi connectivity index (χ4n) is 2.78. The van der Waals surface area contributed by atoms with E-state index >= 15 is 0 Å². The van der Waals surface area contributed by atoms with E-state index in [0.29, 0.717) is 29.4 Å². The molecule has 0 atom stereocenters. The summed E-state index contributed by atoms with van der Waals surface area (Å²) in [5.41, 5.74) is 2.26. The summed E-state index contributed by atoms with van der Waals surface area (Å²) in [6, 6.07) is 15.9. The van der Waals surface area contributed by atoms with Gasteiger partial charge in [0.2, 0.25) is 5.91 Å². The number of carbonyl (C=O) groups excluding carboxylic acids is 1. The van der Waals surface area contributed by atoms with E-state index in [1.165, 1.54) is 16.9 Å². The number of methoxy groups -OCH3 is 1. The predicted octanol–water partition coefficient (Wildman–Crippen LogP) is 4.45. The molecule has 0 aliphatic rings. The van der Waals surface area contributed by atoms with Crippen molar-refractivity contribution in [2.24, 2.45) is 4.99 Å². The first kappa shape index (κ1) is 18.8. The number of benzene rings is 2. The summed E-state index contributed by atoms with van der Waals surface area (Å²) in [7, 11) is 1.66. The van der Waals surface area contributed by atoms with Crippen molar-refractivity contribution in [3.05, 3.63) is 63.9 Å². The van der Waals surface area contributed by atoms with Gasteiger partial charge in [0.15, 0.2) is 4.80 Å². The normalized spacial score (nSPS) is 12.0. The van der Waals surface area contributed by atoms with Crippen LogP contribution in [0.3, 0.4) is 0 Å². The summed E-state index contributed by atoms with van der Waals surface area (Å²) in [6.45, 7) is 1.21. The van der Waals surface area contributed by atoms with Gasteiger partial charge in [-0.05, 0) is 36.6 Å². The highest BCUT2D eigenvalue weighted by Gasteiger charge is 2.08. The zero-order valence-corrected chi connectivity index (χ0v) is 16.2. The highest BCUT2D eigenvalue weighted by molar-refractivity contribution is 7.16. The van der Waals surface area contributed by atoms with Gasteiger partial charge in [-0.25, -0.2) is 0 Å². The zero-order chi connectivity index (χ0) is 18.4. The monoisotopic (exact) mass is 388 g/mol. The Bertz CT molecular complexity index is 947. The molecule has 0 saturated carbocycles. The van der Waals surface area contributed by atoms with Crippen LogP contribution in [0.25, 0.3) is 10.2 Å². The number of aryl methyl sites for hydroxylation is 1. The third kappa shape index (κ3) is 4.81. The second kappa shape index (κ2) is 9.12. The SMILES string of the molecule is COCCn1c(=NC(=O)CCCc2ccccc2)sc2cc(Cl)ccc21. The summed E-state index contributed by atoms with van der Waals surface area (Å²) in [5.74, 6) is -0.0928. The maximum Gasteiger partial charge on any atom is 0.248 e. The minimum atomic E-state index is -0.0928. The van der Waals surface area contributed by atoms with Gasteiger partial charge in [0.1, 0.15) is 0 Å². The van der Waals surface area contributed by atoms with Crippen LogP contribution in [0.1, 0.15) is 18.4 Å². The smallest absolute Gasteiger partial charge is 0.248 e. The molecule has 2 aromatic carbocycles. The Hall–Kier alpha value is -1.95. The van der Waals surface area contributed by atoms with Gasteiger partial charge in [0, 0.05) is 25.1 Å². The molecular weight excluding hydrogens is 368 g/mol. The van der Waals surface area contributed by atoms with E-state index in [-0.39, 0.29) is 5.91 Å². The van der Waals surface area contributed by atoms with Crippen LogP contribution in [0.4, 0.5) is 0 Å². The molecule has 0 unspecified atom stereocenters. The number of carbonyl (C=O) groups is 1. The Labute approximate surface area is 161 Å². The molecule has 136 valence electrons. The van der Waals surface area contributed by atoms with Crippen LogP contribution in [0, 0.1) is 0 Å². The molecule has 3 aromatic rings. The van der Waals surface area contributed by atoms with Crippen molar-refractivity contribution in [3.63, 3.8) is 0 Å². The van der Waals surface area contributed by atoms with E-state index in [1.54, 1.807) is 7.11 Å². The molecule has 0 spiro atoms. The van der Waals surface area contributed by atoms with E-state index in [9.17, 15) is 4.79 Å². The van der Waals surface area contributed by atoms with Crippen molar-refractivity contribution >= 4 is 39.1 Å². The minimum Gasteiger partial charge on any atom is -0.383 e. The Morgan fingerprint density at radius 3 is 2.81 bits per heavy atom. The number of thiazole rings is 1. The molecular formula is C20H21ClN2O2S. The number of aromatic nitrogens is 1. The highest BCUT2D eigenvalue weighted by Crippen LogP contribution is 2.22. The number of amides is 1. The first-order valence-electron chi connectivity index (χ1n) is 8.56. The number of halogens is 1. The van der Waals surface area contributed by atoms with Crippen LogP contribution in [-0.2, 0) is 22.5 Å². The number of ether oxygens (including phenoxy) is 1. The van der Waals surface area contributed by atoms with E-state index in [0.717, 1.165) is 23.1 Å². The molecule has 26 heavy (non-hydrogen) atoms. The lowest BCUT2D eigenvalue weighted by molar-refractivity contribution is -0.118. The van der Waals surface area contributed by atoms with Crippen LogP contribution in [0.5, 0.6) is 0 Å². The lowest BCUT2D eigenvalue weighted by Crippen LogP contribution is -2.19. The molecule has 0 saturated heterocycles. The third-order valence-electron chi connectivity index (χ3n) is 4.08. The van der Waals surface area contributed by atoms with Crippen molar-refractivity contribution in [3.8, 4) is 0 Å². The van der Waals surface area contributed by atoms with E-state index < -0.39 is 0 Å². The minimum absolute atomic E-state index is 0.0928. The molecule has 1 amide bonds. The van der Waals surface area contributed by atoms with Crippen molar-refractivity contribution < 1.29 is 9.53 Å². The molecule has 1 aromatic heterocycles. The summed E-state index contributed by atoms with van der Waals surface area (Å²) in [4.78, 5) is 17.4. The number of hydrogen-bond donors (Lipinski definition) is 0. The van der Waals surface area contributed by atoms with Crippen molar-refractivity contribution in [1.29, 1.82) is 0 Å². The van der Waals surface area contributed by atoms with Crippen molar-refractivity contribution in [2.75, 3.05) is 13.7 Å². The second-order valence-corrected chi connectivity index (χ2v) is 7.43. The van der Waals surface area contributed by atoms with Gasteiger partial charge < -0.3 is 9.30 Å². The quantitative estimate of drug-likeness (QED) is 0.600. The third-order valence-corrected chi connectivity index (χ3v) is 5.36. The van der Waals surface area contributed by atoms with Crippen LogP contribution in [0.2, 0.25) is 5.02 Å². The van der Waals surface area contributed by atoms with E-state index in [4.69, 9.17) is 16.3 Å². The van der Waals surface area contributed by atoms with Crippen LogP contribution >= 0.6 is 22.9 Å². The van der Waals surface area contributed by atoms with Crippen LogP contribution < -0.4 is 4.80 Å². The molecule has 3 rings (SSSR count). The Balaban J connectivity index is 1.77. The summed E-state index contributed by atoms with van der Waals surface area (Å²) in [5, 5.41) is 0.679. The van der Waals surface area contributed by atoms with Crippen LogP contribution in [-0.4, -0.2) is 24.2 Å². The fourth-order valence-corrected chi connectivity index (χ4v) is 4.13. The number of rotatable bonds is 7. The highest BCUT2D eigenvalue weighted by atomic mass is 35.5. The van der Waals surface area contributed by atoms with Crippen LogP contribution in [0.15, 0.2) is 53.5 Å². The fraction of sp³-hybridized carbons (Fsp3) is 0.300. The molecule has 1 heterocycles. The summed E-state index contributed by atoms with van der Waals surface area (Å²) < 4.78 is 8.23. The molecule has 0 N–H and O–H groups in total. The first-order valence-corrected chi connectivity index (χ1v) is 9.76. The first-order chi connectivity index (χ1) is 12.7. The molecule has 0 aliphatic heterocycles. The Morgan fingerprint density at radius 2 is 2.04 bits per heavy atom. The zero-order valence-electron chi connectivity index (χ0n) is 14.7. The van der Waals surface area contributed by atoms with Gasteiger partial charge in [-0.3, -0.25) is 4.79 Å². The van der Waals surface area contributed by atoms with E-state index in [1.807, 2.05) is 41.0 Å². The van der Waals surface area contributed by atoms with Crippen molar-refractivity contribution in [1.82, 2.24) is 4.57 Å². The second-order valence-electron chi connectivity index (χ2n) is 5.99. The topological polar surface area (TPSA) is 43.6 Å². The molecule has 6 heteroatoms. The van der Waals surface area contributed by atoms with Crippen molar-refractivity contribution in [2.45, 2.75) is 25.8 Å². The van der Waals surface area contributed by atoms with Gasteiger partial charge in [-0.15, -0.1) is 0 Å². The van der Waals surface area contributed by atoms with Gasteiger partial charge in [-0.1, -0.05) is 53.3 Å². The molecule has 0 aliphatic carbocycles.